The summed E-state index contributed by atoms with van der Waals surface area (Å²) >= 11 is 0. The molecule has 0 atom stereocenters. The summed E-state index contributed by atoms with van der Waals surface area (Å²) in [7, 11) is 0. The fraction of sp³-hybridized carbons (Fsp3) is 0.636. The number of unbranched alkanes of at least 4 members (excludes halogenated alkanes) is 1. The van der Waals surface area contributed by atoms with Crippen LogP contribution >= 0.6 is 0 Å². The Morgan fingerprint density at radius 3 is 2.31 bits per heavy atom. The van der Waals surface area contributed by atoms with Gasteiger partial charge in [0.2, 0.25) is 0 Å². The average molecular weight is 182 g/mol. The summed E-state index contributed by atoms with van der Waals surface area (Å²) in [5.41, 5.74) is 1.58. The zero-order chi connectivity index (χ0) is 10.3. The molecule has 0 saturated heterocycles. The third kappa shape index (κ3) is 5.34. The average Bonchev–Trinajstić information content (AvgIpc) is 2.10. The Labute approximate surface area is 80.0 Å². The van der Waals surface area contributed by atoms with E-state index in [1.807, 2.05) is 13.8 Å². The lowest BCUT2D eigenvalue weighted by molar-refractivity contribution is -0.119. The first-order chi connectivity index (χ1) is 6.11. The molecule has 0 aliphatic carbocycles. The van der Waals surface area contributed by atoms with Gasteiger partial charge in [0, 0.05) is 12.8 Å². The minimum Gasteiger partial charge on any atom is -0.299 e. The van der Waals surface area contributed by atoms with E-state index in [2.05, 4.69) is 6.92 Å². The predicted molar refractivity (Wildman–Crippen MR) is 53.6 cm³/mol. The molecule has 0 unspecified atom stereocenters. The van der Waals surface area contributed by atoms with E-state index in [1.165, 1.54) is 0 Å². The van der Waals surface area contributed by atoms with Crippen molar-refractivity contribution in [1.29, 1.82) is 0 Å². The van der Waals surface area contributed by atoms with Crippen molar-refractivity contribution in [3.63, 3.8) is 0 Å². The van der Waals surface area contributed by atoms with Gasteiger partial charge in [-0.2, -0.15) is 0 Å². The minimum atomic E-state index is 0.171. The first-order valence-corrected chi connectivity index (χ1v) is 4.75. The Hall–Kier alpha value is -0.920. The number of carbonyl (C=O) groups excluding carboxylic acids is 2. The predicted octanol–water partition coefficient (Wildman–Crippen LogP) is 2.67. The second kappa shape index (κ2) is 6.58. The number of ketones is 1. The monoisotopic (exact) mass is 182 g/mol. The maximum Gasteiger partial charge on any atom is 0.146 e. The molecule has 0 aliphatic heterocycles. The highest BCUT2D eigenvalue weighted by Crippen LogP contribution is 2.08. The smallest absolute Gasteiger partial charge is 0.146 e. The Morgan fingerprint density at radius 2 is 1.92 bits per heavy atom. The molecule has 74 valence electrons. The van der Waals surface area contributed by atoms with Gasteiger partial charge in [0.25, 0.3) is 0 Å². The maximum absolute atomic E-state index is 11.3. The van der Waals surface area contributed by atoms with Gasteiger partial charge in [-0.15, -0.1) is 0 Å². The summed E-state index contributed by atoms with van der Waals surface area (Å²) in [4.78, 5) is 21.8. The van der Waals surface area contributed by atoms with Crippen molar-refractivity contribution in [1.82, 2.24) is 0 Å². The van der Waals surface area contributed by atoms with Gasteiger partial charge >= 0.3 is 0 Å². The number of aldehydes is 1. The van der Waals surface area contributed by atoms with Crippen molar-refractivity contribution in [2.45, 2.75) is 46.5 Å². The van der Waals surface area contributed by atoms with Crippen molar-refractivity contribution in [3.8, 4) is 0 Å². The van der Waals surface area contributed by atoms with Crippen LogP contribution in [0.25, 0.3) is 0 Å². The minimum absolute atomic E-state index is 0.171. The Kier molecular flexibility index (Phi) is 6.11. The molecule has 0 saturated carbocycles. The summed E-state index contributed by atoms with van der Waals surface area (Å²) in [5.74, 6) is 0.171. The van der Waals surface area contributed by atoms with Gasteiger partial charge in [-0.1, -0.05) is 18.9 Å². The quantitative estimate of drug-likeness (QED) is 0.467. The van der Waals surface area contributed by atoms with E-state index in [9.17, 15) is 9.59 Å². The summed E-state index contributed by atoms with van der Waals surface area (Å²) in [6.07, 6.45) is 3.65. The van der Waals surface area contributed by atoms with Gasteiger partial charge in [-0.25, -0.2) is 0 Å². The molecule has 2 nitrogen and oxygen atoms in total. The number of hydrogen-bond acceptors (Lipinski definition) is 2. The Balaban J connectivity index is 4.03. The van der Waals surface area contributed by atoms with Crippen LogP contribution in [0.2, 0.25) is 0 Å². The van der Waals surface area contributed by atoms with Crippen molar-refractivity contribution < 1.29 is 9.59 Å². The van der Waals surface area contributed by atoms with E-state index >= 15 is 0 Å². The Bertz CT molecular complexity index is 210. The molecule has 0 aliphatic rings. The van der Waals surface area contributed by atoms with Crippen molar-refractivity contribution in [3.05, 3.63) is 11.1 Å². The van der Waals surface area contributed by atoms with Crippen molar-refractivity contribution >= 4 is 12.1 Å². The lowest BCUT2D eigenvalue weighted by Crippen LogP contribution is -2.01. The molecule has 0 fully saturated rings. The van der Waals surface area contributed by atoms with Crippen LogP contribution in [0.15, 0.2) is 11.1 Å². The van der Waals surface area contributed by atoms with Gasteiger partial charge < -0.3 is 0 Å². The molecule has 0 aromatic rings. The zero-order valence-electron chi connectivity index (χ0n) is 8.72. The third-order valence-corrected chi connectivity index (χ3v) is 1.98. The lowest BCUT2D eigenvalue weighted by Gasteiger charge is -2.01. The van der Waals surface area contributed by atoms with Crippen molar-refractivity contribution in [2.75, 3.05) is 0 Å². The van der Waals surface area contributed by atoms with Crippen LogP contribution in [0.4, 0.5) is 0 Å². The van der Waals surface area contributed by atoms with Gasteiger partial charge in [0.15, 0.2) is 0 Å². The molecule has 13 heavy (non-hydrogen) atoms. The number of rotatable bonds is 6. The molecule has 0 amide bonds. The van der Waals surface area contributed by atoms with Crippen molar-refractivity contribution in [2.24, 2.45) is 0 Å². The molecule has 0 heterocycles. The molecule has 2 heteroatoms. The molecule has 0 aromatic heterocycles. The first kappa shape index (κ1) is 12.1. The fourth-order valence-corrected chi connectivity index (χ4v) is 1.01. The number of hydrogen-bond donors (Lipinski definition) is 0. The molecule has 0 aromatic carbocycles. The van der Waals surface area contributed by atoms with Crippen LogP contribution in [0.3, 0.4) is 0 Å². The summed E-state index contributed by atoms with van der Waals surface area (Å²) < 4.78 is 0. The second-order valence-corrected chi connectivity index (χ2v) is 3.46. The van der Waals surface area contributed by atoms with Gasteiger partial charge in [0.05, 0.1) is 0 Å². The number of Topliss-reactive ketones (excluding diaryl/α,β-unsaturated/α-hetero) is 1. The van der Waals surface area contributed by atoms with Gasteiger partial charge in [-0.05, 0) is 25.8 Å². The summed E-state index contributed by atoms with van der Waals surface area (Å²) in [6, 6.07) is 0. The fourth-order valence-electron chi connectivity index (χ4n) is 1.01. The topological polar surface area (TPSA) is 34.1 Å². The first-order valence-electron chi connectivity index (χ1n) is 4.75. The summed E-state index contributed by atoms with van der Waals surface area (Å²) in [6.45, 7) is 5.77. The maximum atomic E-state index is 11.3. The molecule has 0 spiro atoms. The van der Waals surface area contributed by atoms with E-state index in [4.69, 9.17) is 0 Å². The van der Waals surface area contributed by atoms with Crippen LogP contribution in [0.1, 0.15) is 46.5 Å². The molecule has 0 radical (unpaired) electrons. The standard InChI is InChI=1S/C11H18O2/c1-4-5-6-11(13)7-10(8-12)9(2)3/h8H,4-7H2,1-3H3. The van der Waals surface area contributed by atoms with Crippen LogP contribution in [0.5, 0.6) is 0 Å². The van der Waals surface area contributed by atoms with Crippen LogP contribution in [-0.2, 0) is 9.59 Å². The van der Waals surface area contributed by atoms with E-state index in [0.717, 1.165) is 24.7 Å². The van der Waals surface area contributed by atoms with Crippen LogP contribution in [0, 0.1) is 0 Å². The van der Waals surface area contributed by atoms with E-state index in [1.54, 1.807) is 0 Å². The van der Waals surface area contributed by atoms with E-state index in [-0.39, 0.29) is 5.78 Å². The highest BCUT2D eigenvalue weighted by molar-refractivity contribution is 5.89. The highest BCUT2D eigenvalue weighted by atomic mass is 16.1. The molecule has 0 bridgehead atoms. The van der Waals surface area contributed by atoms with Gasteiger partial charge in [-0.3, -0.25) is 9.59 Å². The molecule has 0 rings (SSSR count). The molecular weight excluding hydrogens is 164 g/mol. The molecular formula is C11H18O2. The van der Waals surface area contributed by atoms with Gasteiger partial charge in [0.1, 0.15) is 12.1 Å². The van der Waals surface area contributed by atoms with E-state index < -0.39 is 0 Å². The molecule has 0 N–H and O–H groups in total. The number of carbonyl (C=O) groups is 2. The zero-order valence-corrected chi connectivity index (χ0v) is 8.72. The SMILES string of the molecule is CCCCC(=O)CC(C=O)=C(C)C. The van der Waals surface area contributed by atoms with E-state index in [0.29, 0.717) is 18.4 Å². The number of allylic oxidation sites excluding steroid dienone is 2. The largest absolute Gasteiger partial charge is 0.299 e. The second-order valence-electron chi connectivity index (χ2n) is 3.46. The highest BCUT2D eigenvalue weighted by Gasteiger charge is 2.05. The lowest BCUT2D eigenvalue weighted by atomic mass is 10.0. The normalized spacial score (nSPS) is 9.46. The Morgan fingerprint density at radius 1 is 1.31 bits per heavy atom. The summed E-state index contributed by atoms with van der Waals surface area (Å²) in [5, 5.41) is 0. The van der Waals surface area contributed by atoms with Crippen LogP contribution in [-0.4, -0.2) is 12.1 Å². The van der Waals surface area contributed by atoms with Crippen LogP contribution < -0.4 is 0 Å². The third-order valence-electron chi connectivity index (χ3n) is 1.98.